The van der Waals surface area contributed by atoms with Crippen LogP contribution in [0.25, 0.3) is 0 Å². The number of hydrogen-bond donors (Lipinski definition) is 1. The minimum absolute atomic E-state index is 0.0397. The van der Waals surface area contributed by atoms with Gasteiger partial charge in [0.15, 0.2) is 0 Å². The van der Waals surface area contributed by atoms with E-state index in [2.05, 4.69) is 37.4 Å². The fraction of sp³-hybridized carbons (Fsp3) is 0.588. The highest BCUT2D eigenvalue weighted by Crippen LogP contribution is 2.16. The number of carbonyl (C=O) groups excluding carboxylic acids is 1. The molecule has 0 spiro atoms. The number of ether oxygens (including phenoxy) is 2. The van der Waals surface area contributed by atoms with Crippen molar-refractivity contribution >= 4 is 17.7 Å². The van der Waals surface area contributed by atoms with Gasteiger partial charge in [-0.15, -0.1) is 11.8 Å². The highest BCUT2D eigenvalue weighted by atomic mass is 32.2. The van der Waals surface area contributed by atoms with E-state index < -0.39 is 0 Å². The summed E-state index contributed by atoms with van der Waals surface area (Å²) in [5.74, 6) is 1.40. The molecule has 122 valence electrons. The molecular weight excluding hydrogens is 298 g/mol. The van der Waals surface area contributed by atoms with E-state index in [0.717, 1.165) is 12.2 Å². The van der Waals surface area contributed by atoms with Crippen molar-refractivity contribution in [2.75, 3.05) is 26.1 Å². The molecule has 0 saturated carbocycles. The van der Waals surface area contributed by atoms with Gasteiger partial charge in [0.25, 0.3) is 0 Å². The van der Waals surface area contributed by atoms with Gasteiger partial charge in [0, 0.05) is 19.5 Å². The summed E-state index contributed by atoms with van der Waals surface area (Å²) in [6.07, 6.45) is 0.772. The smallest absolute Gasteiger partial charge is 0.230 e. The van der Waals surface area contributed by atoms with Crippen LogP contribution in [0.2, 0.25) is 0 Å². The topological polar surface area (TPSA) is 47.6 Å². The quantitative estimate of drug-likeness (QED) is 0.873. The van der Waals surface area contributed by atoms with Crippen LogP contribution >= 0.6 is 11.8 Å². The summed E-state index contributed by atoms with van der Waals surface area (Å²) in [6, 6.07) is 6.58. The molecule has 1 fully saturated rings. The van der Waals surface area contributed by atoms with E-state index in [4.69, 9.17) is 9.47 Å². The van der Waals surface area contributed by atoms with E-state index in [1.807, 2.05) is 0 Å². The molecule has 0 unspecified atom stereocenters. The summed E-state index contributed by atoms with van der Waals surface area (Å²) >= 11 is 1.65. The summed E-state index contributed by atoms with van der Waals surface area (Å²) in [5.41, 5.74) is 3.81. The summed E-state index contributed by atoms with van der Waals surface area (Å²) in [5, 5.41) is 3.06. The Kier molecular flexibility index (Phi) is 6.73. The highest BCUT2D eigenvalue weighted by Gasteiger charge is 2.26. The summed E-state index contributed by atoms with van der Waals surface area (Å²) < 4.78 is 10.7. The lowest BCUT2D eigenvalue weighted by Gasteiger charge is -2.30. The molecule has 1 aliphatic heterocycles. The zero-order chi connectivity index (χ0) is 15.9. The molecule has 1 heterocycles. The largest absolute Gasteiger partial charge is 0.379 e. The Labute approximate surface area is 137 Å². The number of nitrogens with one attached hydrogen (secondary N) is 1. The molecule has 1 aromatic rings. The van der Waals surface area contributed by atoms with E-state index in [-0.39, 0.29) is 18.1 Å². The van der Waals surface area contributed by atoms with Gasteiger partial charge < -0.3 is 14.8 Å². The first kappa shape index (κ1) is 17.3. The molecule has 22 heavy (non-hydrogen) atoms. The second-order valence-electron chi connectivity index (χ2n) is 5.80. The van der Waals surface area contributed by atoms with Crippen LogP contribution in [0.15, 0.2) is 18.2 Å². The van der Waals surface area contributed by atoms with E-state index in [1.54, 1.807) is 18.9 Å². The molecule has 0 aromatic heterocycles. The number of benzene rings is 1. The Morgan fingerprint density at radius 3 is 2.77 bits per heavy atom. The lowest BCUT2D eigenvalue weighted by atomic mass is 10.1. The molecule has 1 aliphatic rings. The molecular formula is C17H25NO3S. The van der Waals surface area contributed by atoms with Gasteiger partial charge >= 0.3 is 0 Å². The Morgan fingerprint density at radius 2 is 2.09 bits per heavy atom. The number of thioether (sulfide) groups is 1. The molecule has 0 aliphatic carbocycles. The van der Waals surface area contributed by atoms with Crippen LogP contribution in [0.3, 0.4) is 0 Å². The van der Waals surface area contributed by atoms with Crippen molar-refractivity contribution in [3.05, 3.63) is 34.9 Å². The van der Waals surface area contributed by atoms with Crippen LogP contribution in [0, 0.1) is 13.8 Å². The van der Waals surface area contributed by atoms with Gasteiger partial charge in [-0.2, -0.15) is 0 Å². The molecule has 5 heteroatoms. The average molecular weight is 323 g/mol. The van der Waals surface area contributed by atoms with Crippen molar-refractivity contribution in [1.82, 2.24) is 5.32 Å². The van der Waals surface area contributed by atoms with Crippen LogP contribution < -0.4 is 5.32 Å². The summed E-state index contributed by atoms with van der Waals surface area (Å²) in [4.78, 5) is 12.1. The number of methoxy groups -OCH3 is 1. The van der Waals surface area contributed by atoms with E-state index in [9.17, 15) is 4.79 Å². The molecule has 4 nitrogen and oxygen atoms in total. The Balaban J connectivity index is 1.75. The van der Waals surface area contributed by atoms with Gasteiger partial charge in [-0.3, -0.25) is 4.79 Å². The molecule has 0 bridgehead atoms. The van der Waals surface area contributed by atoms with E-state index in [0.29, 0.717) is 19.0 Å². The van der Waals surface area contributed by atoms with Gasteiger partial charge in [-0.1, -0.05) is 29.3 Å². The number of rotatable bonds is 6. The number of hydrogen-bond acceptors (Lipinski definition) is 4. The van der Waals surface area contributed by atoms with Gasteiger partial charge in [0.05, 0.1) is 18.4 Å². The molecule has 1 amide bonds. The first-order chi connectivity index (χ1) is 10.6. The summed E-state index contributed by atoms with van der Waals surface area (Å²) in [7, 11) is 1.66. The number of aryl methyl sites for hydroxylation is 2. The second kappa shape index (κ2) is 8.56. The van der Waals surface area contributed by atoms with Gasteiger partial charge in [-0.25, -0.2) is 0 Å². The zero-order valence-electron chi connectivity index (χ0n) is 13.6. The van der Waals surface area contributed by atoms with Gasteiger partial charge in [0.1, 0.15) is 6.10 Å². The first-order valence-corrected chi connectivity index (χ1v) is 8.79. The van der Waals surface area contributed by atoms with E-state index in [1.165, 1.54) is 16.7 Å². The summed E-state index contributed by atoms with van der Waals surface area (Å²) in [6.45, 7) is 5.44. The molecule has 1 N–H and O–H groups in total. The maximum atomic E-state index is 12.1. The fourth-order valence-corrected chi connectivity index (χ4v) is 3.54. The predicted octanol–water partition coefficient (Wildman–Crippen LogP) is 2.46. The lowest BCUT2D eigenvalue weighted by molar-refractivity contribution is -0.122. The second-order valence-corrected chi connectivity index (χ2v) is 6.79. The average Bonchev–Trinajstić information content (AvgIpc) is 2.46. The third kappa shape index (κ3) is 5.30. The van der Waals surface area contributed by atoms with Crippen molar-refractivity contribution in [2.45, 2.75) is 38.2 Å². The monoisotopic (exact) mass is 323 g/mol. The van der Waals surface area contributed by atoms with Crippen LogP contribution in [0.4, 0.5) is 0 Å². The van der Waals surface area contributed by atoms with Gasteiger partial charge in [-0.05, 0) is 25.8 Å². The number of amides is 1. The maximum Gasteiger partial charge on any atom is 0.230 e. The fourth-order valence-electron chi connectivity index (χ4n) is 2.77. The Bertz CT molecular complexity index is 486. The standard InChI is InChI=1S/C17H25NO3S/c1-12-6-13(2)8-14(7-12)10-22-11-17(19)18-15-4-5-21-9-16(15)20-3/h6-8,15-16H,4-5,9-11H2,1-3H3,(H,18,19)/t15-,16-/m1/s1. The Morgan fingerprint density at radius 1 is 1.36 bits per heavy atom. The SMILES string of the molecule is CO[C@@H]1COCC[C@H]1NC(=O)CSCc1cc(C)cc(C)c1. The van der Waals surface area contributed by atoms with E-state index >= 15 is 0 Å². The van der Waals surface area contributed by atoms with Crippen molar-refractivity contribution in [3.63, 3.8) is 0 Å². The third-order valence-corrected chi connectivity index (χ3v) is 4.74. The molecule has 2 rings (SSSR count). The zero-order valence-corrected chi connectivity index (χ0v) is 14.4. The van der Waals surface area contributed by atoms with Crippen LogP contribution in [-0.2, 0) is 20.0 Å². The maximum absolute atomic E-state index is 12.1. The van der Waals surface area contributed by atoms with Crippen molar-refractivity contribution in [3.8, 4) is 0 Å². The van der Waals surface area contributed by atoms with Crippen molar-refractivity contribution < 1.29 is 14.3 Å². The van der Waals surface area contributed by atoms with Gasteiger partial charge in [0.2, 0.25) is 5.91 Å². The molecule has 2 atom stereocenters. The molecule has 1 saturated heterocycles. The Hall–Kier alpha value is -1.04. The number of carbonyl (C=O) groups is 1. The van der Waals surface area contributed by atoms with Crippen LogP contribution in [-0.4, -0.2) is 44.1 Å². The first-order valence-electron chi connectivity index (χ1n) is 7.63. The van der Waals surface area contributed by atoms with Crippen molar-refractivity contribution in [1.29, 1.82) is 0 Å². The van der Waals surface area contributed by atoms with Crippen molar-refractivity contribution in [2.24, 2.45) is 0 Å². The molecule has 1 aromatic carbocycles. The highest BCUT2D eigenvalue weighted by molar-refractivity contribution is 7.99. The molecule has 0 radical (unpaired) electrons. The predicted molar refractivity (Wildman–Crippen MR) is 90.2 cm³/mol. The van der Waals surface area contributed by atoms with Crippen LogP contribution in [0.5, 0.6) is 0 Å². The lowest BCUT2D eigenvalue weighted by Crippen LogP contribution is -2.50. The minimum Gasteiger partial charge on any atom is -0.379 e. The normalized spacial score (nSPS) is 21.6. The third-order valence-electron chi connectivity index (χ3n) is 3.74. The van der Waals surface area contributed by atoms with Crippen LogP contribution in [0.1, 0.15) is 23.1 Å². The minimum atomic E-state index is -0.0397.